The quantitative estimate of drug-likeness (QED) is 0.294. The Hall–Kier alpha value is -4.16. The van der Waals surface area contributed by atoms with Gasteiger partial charge in [-0.05, 0) is 53.6 Å². The van der Waals surface area contributed by atoms with Crippen LogP contribution in [0, 0.1) is 5.82 Å². The average molecular weight is 512 g/mol. The number of aliphatic carboxylic acids is 2. The number of thioether (sulfide) groups is 1. The van der Waals surface area contributed by atoms with Crippen LogP contribution < -0.4 is 20.8 Å². The summed E-state index contributed by atoms with van der Waals surface area (Å²) < 4.78 is 14.6. The highest BCUT2D eigenvalue weighted by Gasteiger charge is 2.21. The van der Waals surface area contributed by atoms with Crippen LogP contribution in [0.3, 0.4) is 0 Å². The summed E-state index contributed by atoms with van der Waals surface area (Å²) in [5, 5.41) is 27.1. The van der Waals surface area contributed by atoms with Crippen LogP contribution in [0.5, 0.6) is 0 Å². The number of hydrogen-bond acceptors (Lipinski definition) is 9. The van der Waals surface area contributed by atoms with Crippen LogP contribution in [0.25, 0.3) is 6.08 Å². The zero-order valence-electron chi connectivity index (χ0n) is 17.6. The van der Waals surface area contributed by atoms with Crippen molar-refractivity contribution in [2.24, 2.45) is 4.99 Å². The molecule has 0 aromatic heterocycles. The fraction of sp³-hybridized carbons (Fsp3) is 0.0435. The minimum Gasteiger partial charge on any atom is -0.545 e. The van der Waals surface area contributed by atoms with Crippen molar-refractivity contribution in [1.29, 1.82) is 0 Å². The lowest BCUT2D eigenvalue weighted by Gasteiger charge is -2.09. The van der Waals surface area contributed by atoms with Crippen molar-refractivity contribution < 1.29 is 33.8 Å². The monoisotopic (exact) mass is 511 g/mol. The number of hydrogen-bond donors (Lipinski definition) is 2. The van der Waals surface area contributed by atoms with E-state index in [9.17, 15) is 33.8 Å². The molecule has 0 spiro atoms. The summed E-state index contributed by atoms with van der Waals surface area (Å²) >= 11 is 6.12. The standard InChI is InChI=1S/C23H16FN3O6S2/c24-16-6-3-13(9-15(16)20(30)26-17(22(32)33)7-8-19(28)29)11-25-14-4-1-12(2-5-14)10-18-21(31)27-23(34)35-18/h1-10,25H,11H2,(H,28,29)(H,32,33)(H,27,31,34)/p-2/b8-7+,18-10-,26-17?. The van der Waals surface area contributed by atoms with Crippen LogP contribution in [0.2, 0.25) is 0 Å². The summed E-state index contributed by atoms with van der Waals surface area (Å²) in [7, 11) is 0. The molecule has 2 aromatic carbocycles. The number of aliphatic imine (C=N–C) groups is 1. The zero-order chi connectivity index (χ0) is 25.5. The second-order valence-corrected chi connectivity index (χ2v) is 8.60. The van der Waals surface area contributed by atoms with Gasteiger partial charge in [0, 0.05) is 12.2 Å². The van der Waals surface area contributed by atoms with Crippen molar-refractivity contribution in [3.63, 3.8) is 0 Å². The first-order valence-corrected chi connectivity index (χ1v) is 11.0. The zero-order valence-corrected chi connectivity index (χ0v) is 19.2. The lowest BCUT2D eigenvalue weighted by Crippen LogP contribution is -2.31. The molecule has 1 fully saturated rings. The first-order valence-electron chi connectivity index (χ1n) is 9.73. The van der Waals surface area contributed by atoms with Crippen molar-refractivity contribution in [2.45, 2.75) is 6.54 Å². The molecule has 1 saturated heterocycles. The highest BCUT2D eigenvalue weighted by Crippen LogP contribution is 2.26. The number of rotatable bonds is 8. The molecule has 1 aliphatic heterocycles. The van der Waals surface area contributed by atoms with Gasteiger partial charge in [-0.1, -0.05) is 42.2 Å². The molecule has 1 heterocycles. The van der Waals surface area contributed by atoms with E-state index < -0.39 is 34.9 Å². The molecule has 0 radical (unpaired) electrons. The second kappa shape index (κ2) is 11.3. The van der Waals surface area contributed by atoms with Crippen molar-refractivity contribution in [2.75, 3.05) is 5.32 Å². The molecule has 0 atom stereocenters. The first kappa shape index (κ1) is 25.5. The molecule has 12 heteroatoms. The Morgan fingerprint density at radius 2 is 1.83 bits per heavy atom. The van der Waals surface area contributed by atoms with E-state index in [-0.39, 0.29) is 12.5 Å². The highest BCUT2D eigenvalue weighted by molar-refractivity contribution is 8.26. The minimum absolute atomic E-state index is 0.190. The summed E-state index contributed by atoms with van der Waals surface area (Å²) in [5.41, 5.74) is 0.475. The number of thiocarbonyl (C=S) groups is 1. The van der Waals surface area contributed by atoms with Gasteiger partial charge >= 0.3 is 0 Å². The Bertz CT molecular complexity index is 1320. The van der Waals surface area contributed by atoms with Gasteiger partial charge in [-0.3, -0.25) is 9.59 Å². The van der Waals surface area contributed by atoms with E-state index in [1.54, 1.807) is 30.3 Å². The molecule has 2 N–H and O–H groups in total. The molecular weight excluding hydrogens is 497 g/mol. The molecule has 35 heavy (non-hydrogen) atoms. The molecule has 2 aromatic rings. The van der Waals surface area contributed by atoms with Gasteiger partial charge in [-0.2, -0.15) is 0 Å². The van der Waals surface area contributed by atoms with Crippen LogP contribution >= 0.6 is 24.0 Å². The summed E-state index contributed by atoms with van der Waals surface area (Å²) in [6, 6.07) is 10.7. The Morgan fingerprint density at radius 1 is 1.11 bits per heavy atom. The molecule has 0 saturated carbocycles. The van der Waals surface area contributed by atoms with E-state index in [1.807, 2.05) is 0 Å². The molecule has 0 unspecified atom stereocenters. The molecule has 9 nitrogen and oxygen atoms in total. The van der Waals surface area contributed by atoms with E-state index in [2.05, 4.69) is 15.6 Å². The number of amides is 2. The van der Waals surface area contributed by atoms with E-state index in [4.69, 9.17) is 12.2 Å². The van der Waals surface area contributed by atoms with Crippen molar-refractivity contribution in [3.8, 4) is 0 Å². The van der Waals surface area contributed by atoms with Crippen LogP contribution in [0.4, 0.5) is 10.1 Å². The van der Waals surface area contributed by atoms with Crippen molar-refractivity contribution >= 4 is 69.5 Å². The largest absolute Gasteiger partial charge is 0.545 e. The van der Waals surface area contributed by atoms with E-state index >= 15 is 0 Å². The van der Waals surface area contributed by atoms with Crippen LogP contribution in [-0.2, 0) is 20.9 Å². The third-order valence-corrected chi connectivity index (χ3v) is 5.58. The summed E-state index contributed by atoms with van der Waals surface area (Å²) in [4.78, 5) is 49.3. The fourth-order valence-electron chi connectivity index (χ4n) is 2.79. The Balaban J connectivity index is 1.70. The number of nitrogens with zero attached hydrogens (tertiary/aromatic N) is 1. The van der Waals surface area contributed by atoms with Crippen LogP contribution in [0.15, 0.2) is 64.5 Å². The van der Waals surface area contributed by atoms with Crippen LogP contribution in [0.1, 0.15) is 21.5 Å². The van der Waals surface area contributed by atoms with Gasteiger partial charge < -0.3 is 30.4 Å². The van der Waals surface area contributed by atoms with Gasteiger partial charge in [0.15, 0.2) is 0 Å². The number of nitrogens with one attached hydrogen (secondary N) is 2. The summed E-state index contributed by atoms with van der Waals surface area (Å²) in [5.74, 6) is -6.03. The minimum atomic E-state index is -1.91. The molecule has 0 aliphatic carbocycles. The maximum absolute atomic E-state index is 14.2. The normalized spacial score (nSPS) is 14.9. The van der Waals surface area contributed by atoms with Crippen molar-refractivity contribution in [1.82, 2.24) is 5.32 Å². The number of carboxylic acid groups (broad SMARTS) is 2. The van der Waals surface area contributed by atoms with E-state index in [1.165, 1.54) is 23.9 Å². The average Bonchev–Trinajstić information content (AvgIpc) is 3.12. The molecule has 2 amide bonds. The molecule has 0 bridgehead atoms. The second-order valence-electron chi connectivity index (χ2n) is 6.88. The fourth-order valence-corrected chi connectivity index (χ4v) is 3.83. The predicted molar refractivity (Wildman–Crippen MR) is 127 cm³/mol. The maximum Gasteiger partial charge on any atom is 0.280 e. The number of carboxylic acids is 2. The SMILES string of the molecule is O=C([O-])/C=C/C(=NC(=O)c1cc(CNc2ccc(/C=C3\SC(=S)NC3=O)cc2)ccc1F)C(=O)[O-]. The van der Waals surface area contributed by atoms with E-state index in [0.717, 1.165) is 11.6 Å². The van der Waals surface area contributed by atoms with Gasteiger partial charge in [0.25, 0.3) is 11.8 Å². The lowest BCUT2D eigenvalue weighted by molar-refractivity contribution is -0.297. The third-order valence-electron chi connectivity index (χ3n) is 4.42. The summed E-state index contributed by atoms with van der Waals surface area (Å²) in [6.07, 6.45) is 2.57. The number of carbonyl (C=O) groups is 4. The predicted octanol–water partition coefficient (Wildman–Crippen LogP) is 0.564. The molecular formula is C23H14FN3O6S2-2. The molecule has 178 valence electrons. The number of benzene rings is 2. The smallest absolute Gasteiger partial charge is 0.280 e. The number of anilines is 1. The van der Waals surface area contributed by atoms with Crippen molar-refractivity contribution in [3.05, 3.63) is 82.0 Å². The Morgan fingerprint density at radius 3 is 2.43 bits per heavy atom. The van der Waals surface area contributed by atoms with Gasteiger partial charge in [0.1, 0.15) is 10.1 Å². The molecule has 3 rings (SSSR count). The van der Waals surface area contributed by atoms with E-state index in [0.29, 0.717) is 32.6 Å². The Labute approximate surface area is 207 Å². The number of carbonyl (C=O) groups excluding carboxylic acids is 4. The number of halogens is 1. The third kappa shape index (κ3) is 7.16. The van der Waals surface area contributed by atoms with Gasteiger partial charge in [0.05, 0.1) is 28.1 Å². The van der Waals surface area contributed by atoms with Crippen LogP contribution in [-0.4, -0.2) is 33.8 Å². The van der Waals surface area contributed by atoms with Gasteiger partial charge in [-0.25, -0.2) is 9.38 Å². The topological polar surface area (TPSA) is 151 Å². The Kier molecular flexibility index (Phi) is 8.23. The lowest BCUT2D eigenvalue weighted by atomic mass is 10.1. The summed E-state index contributed by atoms with van der Waals surface area (Å²) in [6.45, 7) is 0.190. The van der Waals surface area contributed by atoms with Gasteiger partial charge in [-0.15, -0.1) is 0 Å². The highest BCUT2D eigenvalue weighted by atomic mass is 32.2. The van der Waals surface area contributed by atoms with Gasteiger partial charge in [0.2, 0.25) is 0 Å². The maximum atomic E-state index is 14.2. The first-order chi connectivity index (χ1) is 16.6. The molecule has 1 aliphatic rings.